The van der Waals surface area contributed by atoms with Crippen molar-refractivity contribution in [2.75, 3.05) is 12.8 Å². The molecule has 0 saturated heterocycles. The van der Waals surface area contributed by atoms with E-state index >= 15 is 0 Å². The lowest BCUT2D eigenvalue weighted by atomic mass is 10.0. The van der Waals surface area contributed by atoms with Gasteiger partial charge in [0.25, 0.3) is 0 Å². The van der Waals surface area contributed by atoms with Crippen LogP contribution in [-0.4, -0.2) is 7.11 Å². The number of hydrogen-bond donors (Lipinski definition) is 1. The van der Waals surface area contributed by atoms with Crippen LogP contribution in [0.4, 0.5) is 5.69 Å². The fraction of sp³-hybridized carbons (Fsp3) is 0.176. The van der Waals surface area contributed by atoms with Crippen LogP contribution in [0.2, 0.25) is 0 Å². The SMILES string of the molecule is COc1cccc(C=C2CCc3cc(N)ccc32)c1. The van der Waals surface area contributed by atoms with Gasteiger partial charge < -0.3 is 10.5 Å². The van der Waals surface area contributed by atoms with E-state index in [4.69, 9.17) is 10.5 Å². The van der Waals surface area contributed by atoms with Crippen molar-refractivity contribution in [2.24, 2.45) is 0 Å². The molecule has 0 bridgehead atoms. The highest BCUT2D eigenvalue weighted by Crippen LogP contribution is 2.34. The minimum Gasteiger partial charge on any atom is -0.497 e. The van der Waals surface area contributed by atoms with Crippen molar-refractivity contribution in [3.8, 4) is 5.75 Å². The van der Waals surface area contributed by atoms with Gasteiger partial charge in [0.1, 0.15) is 5.75 Å². The van der Waals surface area contributed by atoms with Crippen molar-refractivity contribution in [2.45, 2.75) is 12.8 Å². The zero-order valence-electron chi connectivity index (χ0n) is 11.0. The van der Waals surface area contributed by atoms with Crippen molar-refractivity contribution >= 4 is 17.3 Å². The van der Waals surface area contributed by atoms with Crippen molar-refractivity contribution in [1.82, 2.24) is 0 Å². The first-order valence-corrected chi connectivity index (χ1v) is 6.49. The van der Waals surface area contributed by atoms with Gasteiger partial charge in [0.05, 0.1) is 7.11 Å². The highest BCUT2D eigenvalue weighted by Gasteiger charge is 2.15. The molecule has 0 aliphatic heterocycles. The number of rotatable bonds is 2. The van der Waals surface area contributed by atoms with Crippen LogP contribution in [-0.2, 0) is 6.42 Å². The Balaban J connectivity index is 1.98. The van der Waals surface area contributed by atoms with Crippen molar-refractivity contribution in [1.29, 1.82) is 0 Å². The monoisotopic (exact) mass is 251 g/mol. The smallest absolute Gasteiger partial charge is 0.119 e. The molecule has 2 heteroatoms. The summed E-state index contributed by atoms with van der Waals surface area (Å²) in [5, 5.41) is 0. The van der Waals surface area contributed by atoms with E-state index in [1.165, 1.54) is 22.3 Å². The highest BCUT2D eigenvalue weighted by molar-refractivity contribution is 5.86. The van der Waals surface area contributed by atoms with Crippen molar-refractivity contribution < 1.29 is 4.74 Å². The maximum Gasteiger partial charge on any atom is 0.119 e. The number of nitrogen functional groups attached to an aromatic ring is 1. The second kappa shape index (κ2) is 4.81. The van der Waals surface area contributed by atoms with Crippen LogP contribution in [0.3, 0.4) is 0 Å². The van der Waals surface area contributed by atoms with Gasteiger partial charge in [-0.25, -0.2) is 0 Å². The Morgan fingerprint density at radius 3 is 2.84 bits per heavy atom. The Hall–Kier alpha value is -2.22. The minimum absolute atomic E-state index is 0.849. The van der Waals surface area contributed by atoms with Crippen LogP contribution in [0, 0.1) is 0 Å². The van der Waals surface area contributed by atoms with Crippen LogP contribution in [0.1, 0.15) is 23.1 Å². The Kier molecular flexibility index (Phi) is 3.00. The molecule has 2 aromatic carbocycles. The van der Waals surface area contributed by atoms with Gasteiger partial charge in [-0.05, 0) is 59.4 Å². The van der Waals surface area contributed by atoms with Crippen LogP contribution in [0.5, 0.6) is 5.75 Å². The summed E-state index contributed by atoms with van der Waals surface area (Å²) in [7, 11) is 1.69. The number of anilines is 1. The van der Waals surface area contributed by atoms with Gasteiger partial charge in [-0.1, -0.05) is 24.3 Å². The van der Waals surface area contributed by atoms with Crippen molar-refractivity contribution in [3.05, 3.63) is 59.2 Å². The molecule has 0 spiro atoms. The molecule has 0 atom stereocenters. The number of hydrogen-bond acceptors (Lipinski definition) is 2. The van der Waals surface area contributed by atoms with Gasteiger partial charge in [0, 0.05) is 5.69 Å². The van der Waals surface area contributed by atoms with E-state index < -0.39 is 0 Å². The summed E-state index contributed by atoms with van der Waals surface area (Å²) in [6.45, 7) is 0. The predicted octanol–water partition coefficient (Wildman–Crippen LogP) is 3.76. The molecular weight excluding hydrogens is 234 g/mol. The zero-order chi connectivity index (χ0) is 13.2. The van der Waals surface area contributed by atoms with Crippen molar-refractivity contribution in [3.63, 3.8) is 0 Å². The first-order valence-electron chi connectivity index (χ1n) is 6.49. The average molecular weight is 251 g/mol. The van der Waals surface area contributed by atoms with Gasteiger partial charge in [-0.3, -0.25) is 0 Å². The number of nitrogens with two attached hydrogens (primary N) is 1. The van der Waals surface area contributed by atoms with Crippen LogP contribution < -0.4 is 10.5 Å². The standard InChI is InChI=1S/C17H17NO/c1-19-16-4-2-3-12(10-16)9-13-5-6-14-11-15(18)7-8-17(13)14/h2-4,7-11H,5-6,18H2,1H3. The molecule has 1 aliphatic carbocycles. The Morgan fingerprint density at radius 2 is 2.00 bits per heavy atom. The molecular formula is C17H17NO. The third-order valence-electron chi connectivity index (χ3n) is 3.57. The zero-order valence-corrected chi connectivity index (χ0v) is 11.0. The Bertz CT molecular complexity index is 643. The van der Waals surface area contributed by atoms with Crippen LogP contribution in [0.15, 0.2) is 42.5 Å². The third-order valence-corrected chi connectivity index (χ3v) is 3.57. The summed E-state index contributed by atoms with van der Waals surface area (Å²) in [6.07, 6.45) is 4.40. The molecule has 0 fully saturated rings. The first-order chi connectivity index (χ1) is 9.26. The number of aryl methyl sites for hydroxylation is 1. The second-order valence-electron chi connectivity index (χ2n) is 4.86. The Labute approximate surface area is 113 Å². The lowest BCUT2D eigenvalue weighted by Gasteiger charge is -2.04. The lowest BCUT2D eigenvalue weighted by molar-refractivity contribution is 0.414. The van der Waals surface area contributed by atoms with E-state index in [2.05, 4.69) is 30.3 Å². The largest absolute Gasteiger partial charge is 0.497 e. The molecule has 0 radical (unpaired) electrons. The molecule has 0 heterocycles. The van der Waals surface area contributed by atoms with Crippen LogP contribution >= 0.6 is 0 Å². The highest BCUT2D eigenvalue weighted by atomic mass is 16.5. The predicted molar refractivity (Wildman–Crippen MR) is 80.0 cm³/mol. The Morgan fingerprint density at radius 1 is 1.11 bits per heavy atom. The molecule has 3 rings (SSSR count). The second-order valence-corrected chi connectivity index (χ2v) is 4.86. The van der Waals surface area contributed by atoms with E-state index in [1.54, 1.807) is 7.11 Å². The summed E-state index contributed by atoms with van der Waals surface area (Å²) < 4.78 is 5.26. The topological polar surface area (TPSA) is 35.2 Å². The molecule has 0 saturated carbocycles. The summed E-state index contributed by atoms with van der Waals surface area (Å²) in [5.74, 6) is 0.893. The van der Waals surface area contributed by atoms with Crippen LogP contribution in [0.25, 0.3) is 11.6 Å². The normalized spacial score (nSPS) is 15.5. The maximum atomic E-state index is 5.83. The minimum atomic E-state index is 0.849. The number of benzene rings is 2. The van der Waals surface area contributed by atoms with E-state index in [1.807, 2.05) is 18.2 Å². The third kappa shape index (κ3) is 2.34. The molecule has 96 valence electrons. The average Bonchev–Trinajstić information content (AvgIpc) is 2.81. The van der Waals surface area contributed by atoms with E-state index in [9.17, 15) is 0 Å². The molecule has 0 aromatic heterocycles. The molecule has 19 heavy (non-hydrogen) atoms. The van der Waals surface area contributed by atoms with Gasteiger partial charge >= 0.3 is 0 Å². The molecule has 2 aromatic rings. The first kappa shape index (κ1) is 11.8. The molecule has 1 aliphatic rings. The molecule has 0 amide bonds. The molecule has 0 unspecified atom stereocenters. The summed E-state index contributed by atoms with van der Waals surface area (Å²) in [6, 6.07) is 14.3. The fourth-order valence-corrected chi connectivity index (χ4v) is 2.62. The molecule has 2 nitrogen and oxygen atoms in total. The van der Waals surface area contributed by atoms with Gasteiger partial charge in [-0.15, -0.1) is 0 Å². The van der Waals surface area contributed by atoms with Gasteiger partial charge in [-0.2, -0.15) is 0 Å². The molecule has 2 N–H and O–H groups in total. The van der Waals surface area contributed by atoms with Gasteiger partial charge in [0.2, 0.25) is 0 Å². The number of fused-ring (bicyclic) bond motifs is 1. The summed E-state index contributed by atoms with van der Waals surface area (Å²) in [4.78, 5) is 0. The summed E-state index contributed by atoms with van der Waals surface area (Å²) in [5.41, 5.74) is 11.9. The number of allylic oxidation sites excluding steroid dienone is 1. The van der Waals surface area contributed by atoms with E-state index in [0.717, 1.165) is 24.3 Å². The fourth-order valence-electron chi connectivity index (χ4n) is 2.62. The quantitative estimate of drug-likeness (QED) is 0.825. The summed E-state index contributed by atoms with van der Waals surface area (Å²) >= 11 is 0. The number of methoxy groups -OCH3 is 1. The van der Waals surface area contributed by atoms with Gasteiger partial charge in [0.15, 0.2) is 0 Å². The lowest BCUT2D eigenvalue weighted by Crippen LogP contribution is -1.88. The number of ether oxygens (including phenoxy) is 1. The van der Waals surface area contributed by atoms with E-state index in [0.29, 0.717) is 0 Å². The maximum absolute atomic E-state index is 5.83. The van der Waals surface area contributed by atoms with E-state index in [-0.39, 0.29) is 0 Å².